The van der Waals surface area contributed by atoms with Gasteiger partial charge < -0.3 is 0 Å². The van der Waals surface area contributed by atoms with Gasteiger partial charge in [-0.05, 0) is 19.4 Å². The molecule has 0 unspecified atom stereocenters. The van der Waals surface area contributed by atoms with Gasteiger partial charge in [-0.1, -0.05) is 0 Å². The Balaban J connectivity index is 2.75. The standard InChI is InChI=1S/C9H14N2O2S/c1-7-5-10-9(11-6-7)4-8(2)14(3,12)13/h5-6,8H,4H2,1-3H3/t8-/m0/s1. The maximum absolute atomic E-state index is 11.1. The lowest BCUT2D eigenvalue weighted by Gasteiger charge is -2.07. The molecule has 0 aromatic carbocycles. The Hall–Kier alpha value is -0.970. The van der Waals surface area contributed by atoms with E-state index in [1.807, 2.05) is 6.92 Å². The van der Waals surface area contributed by atoms with Crippen molar-refractivity contribution in [1.29, 1.82) is 0 Å². The lowest BCUT2D eigenvalue weighted by atomic mass is 10.3. The summed E-state index contributed by atoms with van der Waals surface area (Å²) in [6.45, 7) is 3.56. The molecule has 1 rings (SSSR count). The number of aryl methyl sites for hydroxylation is 1. The highest BCUT2D eigenvalue weighted by Crippen LogP contribution is 2.04. The summed E-state index contributed by atoms with van der Waals surface area (Å²) >= 11 is 0. The second-order valence-electron chi connectivity index (χ2n) is 3.52. The summed E-state index contributed by atoms with van der Waals surface area (Å²) in [4.78, 5) is 8.11. The Morgan fingerprint density at radius 2 is 1.86 bits per heavy atom. The third kappa shape index (κ3) is 3.06. The van der Waals surface area contributed by atoms with Crippen LogP contribution in [0.3, 0.4) is 0 Å². The minimum absolute atomic E-state index is 0.374. The Morgan fingerprint density at radius 3 is 2.29 bits per heavy atom. The first-order valence-corrected chi connectivity index (χ1v) is 6.31. The molecule has 5 heteroatoms. The van der Waals surface area contributed by atoms with E-state index in [-0.39, 0.29) is 0 Å². The molecule has 0 bridgehead atoms. The van der Waals surface area contributed by atoms with Crippen LogP contribution in [-0.4, -0.2) is 29.9 Å². The van der Waals surface area contributed by atoms with E-state index in [0.717, 1.165) is 5.56 Å². The molecule has 0 aliphatic heterocycles. The molecule has 1 heterocycles. The van der Waals surface area contributed by atoms with Crippen molar-refractivity contribution in [3.63, 3.8) is 0 Å². The molecular weight excluding hydrogens is 200 g/mol. The van der Waals surface area contributed by atoms with Gasteiger partial charge in [0.1, 0.15) is 15.7 Å². The monoisotopic (exact) mass is 214 g/mol. The van der Waals surface area contributed by atoms with Crippen LogP contribution in [-0.2, 0) is 16.3 Å². The average molecular weight is 214 g/mol. The number of nitrogens with zero attached hydrogens (tertiary/aromatic N) is 2. The maximum atomic E-state index is 11.1. The van der Waals surface area contributed by atoms with Gasteiger partial charge >= 0.3 is 0 Å². The topological polar surface area (TPSA) is 59.9 Å². The summed E-state index contributed by atoms with van der Waals surface area (Å²) in [5.41, 5.74) is 0.973. The Morgan fingerprint density at radius 1 is 1.36 bits per heavy atom. The first kappa shape index (κ1) is 11.1. The van der Waals surface area contributed by atoms with Gasteiger partial charge in [0.25, 0.3) is 0 Å². The van der Waals surface area contributed by atoms with Gasteiger partial charge in [-0.15, -0.1) is 0 Å². The number of rotatable bonds is 3. The maximum Gasteiger partial charge on any atom is 0.150 e. The molecule has 14 heavy (non-hydrogen) atoms. The third-order valence-corrected chi connectivity index (χ3v) is 3.66. The number of hydrogen-bond acceptors (Lipinski definition) is 4. The van der Waals surface area contributed by atoms with Crippen LogP contribution in [0.5, 0.6) is 0 Å². The first-order valence-electron chi connectivity index (χ1n) is 4.36. The van der Waals surface area contributed by atoms with Gasteiger partial charge in [0.2, 0.25) is 0 Å². The van der Waals surface area contributed by atoms with Crippen LogP contribution >= 0.6 is 0 Å². The zero-order chi connectivity index (χ0) is 10.8. The summed E-state index contributed by atoms with van der Waals surface area (Å²) in [5, 5.41) is -0.426. The van der Waals surface area contributed by atoms with E-state index in [9.17, 15) is 8.42 Å². The Labute approximate surface area is 84.3 Å². The fourth-order valence-corrected chi connectivity index (χ4v) is 1.39. The van der Waals surface area contributed by atoms with Gasteiger partial charge in [0, 0.05) is 25.1 Å². The quantitative estimate of drug-likeness (QED) is 0.745. The van der Waals surface area contributed by atoms with Crippen molar-refractivity contribution in [3.05, 3.63) is 23.8 Å². The van der Waals surface area contributed by atoms with E-state index >= 15 is 0 Å². The largest absolute Gasteiger partial charge is 0.241 e. The summed E-state index contributed by atoms with van der Waals surface area (Å²) in [6.07, 6.45) is 4.99. The van der Waals surface area contributed by atoms with Crippen LogP contribution in [0.25, 0.3) is 0 Å². The molecular formula is C9H14N2O2S. The predicted molar refractivity (Wildman–Crippen MR) is 54.8 cm³/mol. The van der Waals surface area contributed by atoms with Crippen LogP contribution in [0.4, 0.5) is 0 Å². The molecule has 0 N–H and O–H groups in total. The highest BCUT2D eigenvalue weighted by Gasteiger charge is 2.16. The van der Waals surface area contributed by atoms with Crippen molar-refractivity contribution in [2.45, 2.75) is 25.5 Å². The molecule has 0 amide bonds. The number of hydrogen-bond donors (Lipinski definition) is 0. The zero-order valence-corrected chi connectivity index (χ0v) is 9.37. The molecule has 0 radical (unpaired) electrons. The van der Waals surface area contributed by atoms with Crippen molar-refractivity contribution in [2.75, 3.05) is 6.26 Å². The van der Waals surface area contributed by atoms with Crippen LogP contribution in [0.2, 0.25) is 0 Å². The van der Waals surface area contributed by atoms with Crippen molar-refractivity contribution >= 4 is 9.84 Å². The highest BCUT2D eigenvalue weighted by atomic mass is 32.2. The van der Waals surface area contributed by atoms with Crippen molar-refractivity contribution in [1.82, 2.24) is 9.97 Å². The first-order chi connectivity index (χ1) is 6.39. The van der Waals surface area contributed by atoms with E-state index in [2.05, 4.69) is 9.97 Å². The molecule has 0 spiro atoms. The molecule has 0 saturated carbocycles. The SMILES string of the molecule is Cc1cnc(C[C@H](C)S(C)(=O)=O)nc1. The van der Waals surface area contributed by atoms with Gasteiger partial charge in [0.05, 0.1) is 5.25 Å². The van der Waals surface area contributed by atoms with E-state index < -0.39 is 15.1 Å². The average Bonchev–Trinajstić information content (AvgIpc) is 2.07. The van der Waals surface area contributed by atoms with E-state index in [4.69, 9.17) is 0 Å². The van der Waals surface area contributed by atoms with E-state index in [1.165, 1.54) is 6.26 Å². The zero-order valence-electron chi connectivity index (χ0n) is 8.56. The second kappa shape index (κ2) is 4.04. The van der Waals surface area contributed by atoms with Crippen molar-refractivity contribution < 1.29 is 8.42 Å². The number of aromatic nitrogens is 2. The lowest BCUT2D eigenvalue weighted by Crippen LogP contribution is -2.19. The molecule has 0 fully saturated rings. The van der Waals surface area contributed by atoms with Crippen LogP contribution in [0, 0.1) is 6.92 Å². The molecule has 1 atom stereocenters. The molecule has 1 aromatic heterocycles. The Kier molecular flexibility index (Phi) is 3.21. The second-order valence-corrected chi connectivity index (χ2v) is 5.98. The van der Waals surface area contributed by atoms with Crippen LogP contribution in [0.15, 0.2) is 12.4 Å². The molecule has 78 valence electrons. The van der Waals surface area contributed by atoms with Gasteiger partial charge in [-0.25, -0.2) is 18.4 Å². The Bertz CT molecular complexity index is 397. The van der Waals surface area contributed by atoms with Gasteiger partial charge in [-0.2, -0.15) is 0 Å². The lowest BCUT2D eigenvalue weighted by molar-refractivity contribution is 0.586. The summed E-state index contributed by atoms with van der Waals surface area (Å²) < 4.78 is 22.3. The summed E-state index contributed by atoms with van der Waals surface area (Å²) in [7, 11) is -2.99. The highest BCUT2D eigenvalue weighted by molar-refractivity contribution is 7.91. The molecule has 1 aromatic rings. The molecule has 0 aliphatic rings. The van der Waals surface area contributed by atoms with Crippen LogP contribution < -0.4 is 0 Å². The smallest absolute Gasteiger partial charge is 0.150 e. The fraction of sp³-hybridized carbons (Fsp3) is 0.556. The molecule has 0 saturated heterocycles. The van der Waals surface area contributed by atoms with Crippen molar-refractivity contribution in [3.8, 4) is 0 Å². The summed E-state index contributed by atoms with van der Waals surface area (Å²) in [6, 6.07) is 0. The molecule has 4 nitrogen and oxygen atoms in total. The minimum Gasteiger partial charge on any atom is -0.241 e. The van der Waals surface area contributed by atoms with Crippen molar-refractivity contribution in [2.24, 2.45) is 0 Å². The predicted octanol–water partition coefficient (Wildman–Crippen LogP) is 0.761. The fourth-order valence-electron chi connectivity index (χ4n) is 0.933. The van der Waals surface area contributed by atoms with E-state index in [1.54, 1.807) is 19.3 Å². The molecule has 0 aliphatic carbocycles. The van der Waals surface area contributed by atoms with Gasteiger partial charge in [-0.3, -0.25) is 0 Å². The van der Waals surface area contributed by atoms with Crippen LogP contribution in [0.1, 0.15) is 18.3 Å². The number of sulfone groups is 1. The van der Waals surface area contributed by atoms with Gasteiger partial charge in [0.15, 0.2) is 0 Å². The summed E-state index contributed by atoms with van der Waals surface area (Å²) in [5.74, 6) is 0.577. The normalized spacial score (nSPS) is 13.9. The third-order valence-electron chi connectivity index (χ3n) is 2.04. The van der Waals surface area contributed by atoms with E-state index in [0.29, 0.717) is 12.2 Å². The minimum atomic E-state index is -2.99.